The molecule has 1 aliphatic rings. The van der Waals surface area contributed by atoms with E-state index < -0.39 is 0 Å². The number of morpholine rings is 1. The summed E-state index contributed by atoms with van der Waals surface area (Å²) in [5.74, 6) is 0.900. The zero-order chi connectivity index (χ0) is 14.5. The van der Waals surface area contributed by atoms with Gasteiger partial charge < -0.3 is 19.8 Å². The van der Waals surface area contributed by atoms with Crippen LogP contribution in [-0.4, -0.2) is 56.4 Å². The molecule has 1 aliphatic heterocycles. The lowest BCUT2D eigenvalue weighted by molar-refractivity contribution is 0.0384. The van der Waals surface area contributed by atoms with Crippen LogP contribution in [-0.2, 0) is 11.3 Å². The monoisotopic (exact) mass is 289 g/mol. The number of rotatable bonds is 6. The van der Waals surface area contributed by atoms with Gasteiger partial charge in [-0.2, -0.15) is 0 Å². The molecule has 0 aliphatic carbocycles. The lowest BCUT2D eigenvalue weighted by atomic mass is 10.1. The molecule has 0 atom stereocenters. The molecule has 5 heteroatoms. The maximum absolute atomic E-state index is 5.36. The molecule has 2 N–H and O–H groups in total. The van der Waals surface area contributed by atoms with E-state index in [9.17, 15) is 0 Å². The van der Waals surface area contributed by atoms with Crippen molar-refractivity contribution in [2.75, 3.05) is 46.5 Å². The summed E-state index contributed by atoms with van der Waals surface area (Å²) < 4.78 is 10.7. The molecule has 0 radical (unpaired) electrons. The van der Waals surface area contributed by atoms with E-state index in [1.54, 1.807) is 7.11 Å². The standard InChI is InChI=1S/C16H23N3O2/c1-20-14-2-3-16-15(10-14)13(12-18-16)11-17-4-5-19-6-8-21-9-7-19/h2-3,10,12,17-18H,4-9,11H2,1H3. The van der Waals surface area contributed by atoms with Crippen LogP contribution in [0, 0.1) is 0 Å². The largest absolute Gasteiger partial charge is 0.497 e. The lowest BCUT2D eigenvalue weighted by Crippen LogP contribution is -2.40. The third kappa shape index (κ3) is 3.56. The van der Waals surface area contributed by atoms with Crippen LogP contribution in [0.2, 0.25) is 0 Å². The van der Waals surface area contributed by atoms with Crippen molar-refractivity contribution < 1.29 is 9.47 Å². The van der Waals surface area contributed by atoms with Crippen LogP contribution in [0.4, 0.5) is 0 Å². The average molecular weight is 289 g/mol. The fourth-order valence-electron chi connectivity index (χ4n) is 2.72. The Morgan fingerprint density at radius 3 is 3.00 bits per heavy atom. The summed E-state index contributed by atoms with van der Waals surface area (Å²) in [4.78, 5) is 5.75. The van der Waals surface area contributed by atoms with E-state index in [-0.39, 0.29) is 0 Å². The number of hydrogen-bond acceptors (Lipinski definition) is 4. The van der Waals surface area contributed by atoms with Crippen molar-refractivity contribution in [2.45, 2.75) is 6.54 Å². The van der Waals surface area contributed by atoms with E-state index in [0.717, 1.165) is 57.2 Å². The minimum absolute atomic E-state index is 0.863. The van der Waals surface area contributed by atoms with Gasteiger partial charge in [0, 0.05) is 49.8 Å². The molecule has 1 saturated heterocycles. The topological polar surface area (TPSA) is 49.5 Å². The first kappa shape index (κ1) is 14.4. The lowest BCUT2D eigenvalue weighted by Gasteiger charge is -2.26. The predicted octanol–water partition coefficient (Wildman–Crippen LogP) is 1.60. The molecule has 21 heavy (non-hydrogen) atoms. The Balaban J connectivity index is 1.52. The molecule has 1 aromatic heterocycles. The number of methoxy groups -OCH3 is 1. The Labute approximate surface area is 125 Å². The highest BCUT2D eigenvalue weighted by Gasteiger charge is 2.09. The summed E-state index contributed by atoms with van der Waals surface area (Å²) >= 11 is 0. The van der Waals surface area contributed by atoms with Crippen LogP contribution in [0.15, 0.2) is 24.4 Å². The molecule has 1 aromatic carbocycles. The van der Waals surface area contributed by atoms with Gasteiger partial charge in [-0.15, -0.1) is 0 Å². The summed E-state index contributed by atoms with van der Waals surface area (Å²) in [6.07, 6.45) is 2.08. The minimum atomic E-state index is 0.863. The molecule has 114 valence electrons. The van der Waals surface area contributed by atoms with Gasteiger partial charge in [-0.25, -0.2) is 0 Å². The zero-order valence-electron chi connectivity index (χ0n) is 12.5. The van der Waals surface area contributed by atoms with Gasteiger partial charge in [0.05, 0.1) is 20.3 Å². The molecule has 0 spiro atoms. The highest BCUT2D eigenvalue weighted by atomic mass is 16.5. The first-order chi connectivity index (χ1) is 10.4. The third-order valence-electron chi connectivity index (χ3n) is 4.00. The Bertz CT molecular complexity index is 576. The summed E-state index contributed by atoms with van der Waals surface area (Å²) in [5, 5.41) is 4.75. The van der Waals surface area contributed by atoms with Crippen molar-refractivity contribution in [3.8, 4) is 5.75 Å². The van der Waals surface area contributed by atoms with Crippen molar-refractivity contribution in [2.24, 2.45) is 0 Å². The normalized spacial score (nSPS) is 16.4. The molecule has 5 nitrogen and oxygen atoms in total. The smallest absolute Gasteiger partial charge is 0.119 e. The number of H-pyrrole nitrogens is 1. The number of hydrogen-bond donors (Lipinski definition) is 2. The van der Waals surface area contributed by atoms with Crippen LogP contribution in [0.3, 0.4) is 0 Å². The molecule has 0 saturated carbocycles. The van der Waals surface area contributed by atoms with Crippen LogP contribution in [0.25, 0.3) is 10.9 Å². The van der Waals surface area contributed by atoms with Gasteiger partial charge in [0.1, 0.15) is 5.75 Å². The van der Waals surface area contributed by atoms with Crippen LogP contribution >= 0.6 is 0 Å². The van der Waals surface area contributed by atoms with E-state index in [1.807, 2.05) is 6.07 Å². The van der Waals surface area contributed by atoms with Gasteiger partial charge in [-0.05, 0) is 23.8 Å². The second kappa shape index (κ2) is 6.93. The maximum Gasteiger partial charge on any atom is 0.119 e. The Hall–Kier alpha value is -1.56. The van der Waals surface area contributed by atoms with E-state index in [2.05, 4.69) is 33.5 Å². The fourth-order valence-corrected chi connectivity index (χ4v) is 2.72. The second-order valence-corrected chi connectivity index (χ2v) is 5.36. The molecule has 2 heterocycles. The van der Waals surface area contributed by atoms with Gasteiger partial charge in [-0.1, -0.05) is 0 Å². The summed E-state index contributed by atoms with van der Waals surface area (Å²) in [6, 6.07) is 6.13. The van der Waals surface area contributed by atoms with E-state index >= 15 is 0 Å². The van der Waals surface area contributed by atoms with Gasteiger partial charge >= 0.3 is 0 Å². The number of benzene rings is 1. The first-order valence-electron chi connectivity index (χ1n) is 7.51. The second-order valence-electron chi connectivity index (χ2n) is 5.36. The molecule has 3 rings (SSSR count). The zero-order valence-corrected chi connectivity index (χ0v) is 12.5. The number of aromatic amines is 1. The molecule has 0 bridgehead atoms. The maximum atomic E-state index is 5.36. The van der Waals surface area contributed by atoms with E-state index in [1.165, 1.54) is 10.9 Å². The molecule has 2 aromatic rings. The van der Waals surface area contributed by atoms with Crippen molar-refractivity contribution in [3.05, 3.63) is 30.0 Å². The minimum Gasteiger partial charge on any atom is -0.497 e. The van der Waals surface area contributed by atoms with Gasteiger partial charge in [0.25, 0.3) is 0 Å². The molecule has 0 amide bonds. The Morgan fingerprint density at radius 2 is 2.19 bits per heavy atom. The number of aromatic nitrogens is 1. The summed E-state index contributed by atoms with van der Waals surface area (Å²) in [6.45, 7) is 6.77. The van der Waals surface area contributed by atoms with E-state index in [4.69, 9.17) is 9.47 Å². The SMILES string of the molecule is COc1ccc2[nH]cc(CNCCN3CCOCC3)c2c1. The Morgan fingerprint density at radius 1 is 1.33 bits per heavy atom. The van der Waals surface area contributed by atoms with Crippen molar-refractivity contribution in [3.63, 3.8) is 0 Å². The number of ether oxygens (including phenoxy) is 2. The van der Waals surface area contributed by atoms with Crippen LogP contribution < -0.4 is 10.1 Å². The van der Waals surface area contributed by atoms with Crippen molar-refractivity contribution in [1.29, 1.82) is 0 Å². The number of nitrogens with one attached hydrogen (secondary N) is 2. The average Bonchev–Trinajstić information content (AvgIpc) is 2.95. The van der Waals surface area contributed by atoms with Crippen molar-refractivity contribution in [1.82, 2.24) is 15.2 Å². The van der Waals surface area contributed by atoms with Crippen LogP contribution in [0.5, 0.6) is 5.75 Å². The highest BCUT2D eigenvalue weighted by molar-refractivity contribution is 5.84. The predicted molar refractivity (Wildman–Crippen MR) is 83.8 cm³/mol. The Kier molecular flexibility index (Phi) is 4.75. The molecular weight excluding hydrogens is 266 g/mol. The summed E-state index contributed by atoms with van der Waals surface area (Å²) in [7, 11) is 1.70. The molecule has 1 fully saturated rings. The highest BCUT2D eigenvalue weighted by Crippen LogP contribution is 2.23. The van der Waals surface area contributed by atoms with Gasteiger partial charge in [0.15, 0.2) is 0 Å². The van der Waals surface area contributed by atoms with Crippen LogP contribution in [0.1, 0.15) is 5.56 Å². The molecular formula is C16H23N3O2. The summed E-state index contributed by atoms with van der Waals surface area (Å²) in [5.41, 5.74) is 2.44. The first-order valence-corrected chi connectivity index (χ1v) is 7.51. The third-order valence-corrected chi connectivity index (χ3v) is 4.00. The van der Waals surface area contributed by atoms with E-state index in [0.29, 0.717) is 0 Å². The van der Waals surface area contributed by atoms with Crippen molar-refractivity contribution >= 4 is 10.9 Å². The quantitative estimate of drug-likeness (QED) is 0.793. The van der Waals surface area contributed by atoms with Gasteiger partial charge in [-0.3, -0.25) is 4.90 Å². The molecule has 0 unspecified atom stereocenters. The number of fused-ring (bicyclic) bond motifs is 1. The number of nitrogens with zero attached hydrogens (tertiary/aromatic N) is 1. The fraction of sp³-hybridized carbons (Fsp3) is 0.500. The van der Waals surface area contributed by atoms with Gasteiger partial charge in [0.2, 0.25) is 0 Å².